The Hall–Kier alpha value is -1.13. The molecule has 0 unspecified atom stereocenters. The summed E-state index contributed by atoms with van der Waals surface area (Å²) in [6, 6.07) is 4.82. The summed E-state index contributed by atoms with van der Waals surface area (Å²) in [5.41, 5.74) is 0.525. The molecule has 1 aromatic carbocycles. The monoisotopic (exact) mass is 415 g/mol. The van der Waals surface area contributed by atoms with Gasteiger partial charge in [0.25, 0.3) is 0 Å². The first-order valence-corrected chi connectivity index (χ1v) is 11.8. The smallest absolute Gasteiger partial charge is 0.240 e. The molecule has 1 amide bonds. The van der Waals surface area contributed by atoms with Gasteiger partial charge in [0, 0.05) is 30.4 Å². The minimum atomic E-state index is -3.62. The number of hydrogen-bond donors (Lipinski definition) is 2. The Morgan fingerprint density at radius 3 is 2.63 bits per heavy atom. The molecule has 1 heterocycles. The van der Waals surface area contributed by atoms with E-state index in [1.807, 2.05) is 6.26 Å². The van der Waals surface area contributed by atoms with Gasteiger partial charge >= 0.3 is 0 Å². The Kier molecular flexibility index (Phi) is 8.56. The molecule has 1 saturated heterocycles. The van der Waals surface area contributed by atoms with Crippen LogP contribution in [0.15, 0.2) is 28.0 Å². The minimum absolute atomic E-state index is 0.140. The lowest BCUT2D eigenvalue weighted by Gasteiger charge is -2.26. The predicted octanol–water partition coefficient (Wildman–Crippen LogP) is 2.00. The number of nitrogens with zero attached hydrogens (tertiary/aromatic N) is 1. The first-order chi connectivity index (χ1) is 12.8. The Balaban J connectivity index is 1.98. The summed E-state index contributed by atoms with van der Waals surface area (Å²) in [7, 11) is -3.62. The van der Waals surface area contributed by atoms with E-state index >= 15 is 0 Å². The molecule has 0 bridgehead atoms. The van der Waals surface area contributed by atoms with Crippen molar-refractivity contribution in [2.75, 3.05) is 51.0 Å². The molecule has 1 aliphatic rings. The van der Waals surface area contributed by atoms with Gasteiger partial charge in [0.05, 0.1) is 23.8 Å². The van der Waals surface area contributed by atoms with Crippen LogP contribution in [0.5, 0.6) is 0 Å². The molecule has 2 rings (SSSR count). The van der Waals surface area contributed by atoms with E-state index in [0.717, 1.165) is 44.2 Å². The van der Waals surface area contributed by atoms with Crippen molar-refractivity contribution < 1.29 is 17.9 Å². The summed E-state index contributed by atoms with van der Waals surface area (Å²) in [6.45, 7) is 8.06. The first kappa shape index (κ1) is 22.2. The fourth-order valence-electron chi connectivity index (χ4n) is 2.65. The number of carbonyl (C=O) groups is 1. The van der Waals surface area contributed by atoms with Gasteiger partial charge in [0.2, 0.25) is 15.9 Å². The van der Waals surface area contributed by atoms with Crippen molar-refractivity contribution in [2.24, 2.45) is 5.92 Å². The molecule has 0 radical (unpaired) electrons. The molecule has 27 heavy (non-hydrogen) atoms. The Morgan fingerprint density at radius 1 is 1.30 bits per heavy atom. The molecule has 152 valence electrons. The van der Waals surface area contributed by atoms with Crippen LogP contribution in [0, 0.1) is 5.92 Å². The Labute approximate surface area is 166 Å². The summed E-state index contributed by atoms with van der Waals surface area (Å²) in [6.07, 6.45) is 2.62. The molecule has 0 saturated carbocycles. The van der Waals surface area contributed by atoms with Crippen molar-refractivity contribution in [3.8, 4) is 0 Å². The maximum absolute atomic E-state index is 12.6. The third-order valence-corrected chi connectivity index (χ3v) is 6.56. The molecule has 1 aliphatic heterocycles. The lowest BCUT2D eigenvalue weighted by molar-refractivity contribution is -0.118. The molecule has 9 heteroatoms. The van der Waals surface area contributed by atoms with E-state index in [4.69, 9.17) is 4.74 Å². The standard InChI is InChI=1S/C18H29N3O4S2/c1-14(2)18(22)20-16-13-15(5-6-17(16)26-3)27(23,24)19-7-4-8-21-9-11-25-12-10-21/h5-6,13-14,19H,4,7-12H2,1-3H3,(H,20,22). The van der Waals surface area contributed by atoms with E-state index in [2.05, 4.69) is 14.9 Å². The number of sulfonamides is 1. The van der Waals surface area contributed by atoms with Gasteiger partial charge in [-0.2, -0.15) is 0 Å². The SMILES string of the molecule is CSc1ccc(S(=O)(=O)NCCCN2CCOCC2)cc1NC(=O)C(C)C. The molecule has 0 spiro atoms. The van der Waals surface area contributed by atoms with Crippen LogP contribution in [0.2, 0.25) is 0 Å². The van der Waals surface area contributed by atoms with Crippen LogP contribution in [-0.2, 0) is 19.6 Å². The highest BCUT2D eigenvalue weighted by molar-refractivity contribution is 7.98. The van der Waals surface area contributed by atoms with Crippen LogP contribution in [-0.4, -0.2) is 64.9 Å². The molecular weight excluding hydrogens is 386 g/mol. The number of benzene rings is 1. The second-order valence-corrected chi connectivity index (χ2v) is 9.33. The maximum atomic E-state index is 12.6. The average molecular weight is 416 g/mol. The van der Waals surface area contributed by atoms with E-state index in [0.29, 0.717) is 12.2 Å². The zero-order valence-corrected chi connectivity index (χ0v) is 17.8. The highest BCUT2D eigenvalue weighted by Crippen LogP contribution is 2.28. The summed E-state index contributed by atoms with van der Waals surface area (Å²) in [5, 5.41) is 2.81. The largest absolute Gasteiger partial charge is 0.379 e. The van der Waals surface area contributed by atoms with Crippen molar-refractivity contribution >= 4 is 33.4 Å². The first-order valence-electron chi connectivity index (χ1n) is 9.12. The molecule has 0 aromatic heterocycles. The number of hydrogen-bond acceptors (Lipinski definition) is 6. The van der Waals surface area contributed by atoms with E-state index in [1.54, 1.807) is 26.0 Å². The number of ether oxygens (including phenoxy) is 1. The van der Waals surface area contributed by atoms with Gasteiger partial charge in [-0.15, -0.1) is 11.8 Å². The second kappa shape index (κ2) is 10.4. The Bertz CT molecular complexity index is 732. The molecule has 1 aromatic rings. The van der Waals surface area contributed by atoms with Crippen molar-refractivity contribution in [1.29, 1.82) is 0 Å². The Morgan fingerprint density at radius 2 is 2.00 bits per heavy atom. The van der Waals surface area contributed by atoms with Crippen LogP contribution >= 0.6 is 11.8 Å². The number of morpholine rings is 1. The van der Waals surface area contributed by atoms with Gasteiger partial charge in [-0.3, -0.25) is 9.69 Å². The van der Waals surface area contributed by atoms with Gasteiger partial charge in [-0.05, 0) is 37.4 Å². The summed E-state index contributed by atoms with van der Waals surface area (Å²) >= 11 is 1.46. The third kappa shape index (κ3) is 6.76. The molecule has 0 atom stereocenters. The van der Waals surface area contributed by atoms with E-state index in [-0.39, 0.29) is 16.7 Å². The van der Waals surface area contributed by atoms with E-state index in [1.165, 1.54) is 17.8 Å². The molecule has 1 fully saturated rings. The third-order valence-electron chi connectivity index (χ3n) is 4.31. The summed E-state index contributed by atoms with van der Waals surface area (Å²) in [5.74, 6) is -0.323. The van der Waals surface area contributed by atoms with Crippen molar-refractivity contribution in [3.63, 3.8) is 0 Å². The zero-order valence-electron chi connectivity index (χ0n) is 16.2. The zero-order chi connectivity index (χ0) is 19.9. The highest BCUT2D eigenvalue weighted by Gasteiger charge is 2.18. The predicted molar refractivity (Wildman–Crippen MR) is 109 cm³/mol. The van der Waals surface area contributed by atoms with Gasteiger partial charge < -0.3 is 10.1 Å². The fourth-order valence-corrected chi connectivity index (χ4v) is 4.28. The van der Waals surface area contributed by atoms with Gasteiger partial charge in [0.1, 0.15) is 0 Å². The molecule has 7 nitrogen and oxygen atoms in total. The number of nitrogens with one attached hydrogen (secondary N) is 2. The molecule has 0 aliphatic carbocycles. The van der Waals surface area contributed by atoms with Crippen LogP contribution in [0.1, 0.15) is 20.3 Å². The summed E-state index contributed by atoms with van der Waals surface area (Å²) in [4.78, 5) is 15.3. The molecular formula is C18H29N3O4S2. The summed E-state index contributed by atoms with van der Waals surface area (Å²) < 4.78 is 33.1. The lowest BCUT2D eigenvalue weighted by atomic mass is 10.2. The number of rotatable bonds is 9. The fraction of sp³-hybridized carbons (Fsp3) is 0.611. The second-order valence-electron chi connectivity index (χ2n) is 6.71. The van der Waals surface area contributed by atoms with Crippen molar-refractivity contribution in [1.82, 2.24) is 9.62 Å². The number of thioether (sulfide) groups is 1. The van der Waals surface area contributed by atoms with E-state index < -0.39 is 10.0 Å². The van der Waals surface area contributed by atoms with Crippen molar-refractivity contribution in [3.05, 3.63) is 18.2 Å². The molecule has 2 N–H and O–H groups in total. The normalized spacial score (nSPS) is 15.9. The minimum Gasteiger partial charge on any atom is -0.379 e. The van der Waals surface area contributed by atoms with Gasteiger partial charge in [-0.1, -0.05) is 13.8 Å². The van der Waals surface area contributed by atoms with Crippen molar-refractivity contribution in [2.45, 2.75) is 30.1 Å². The van der Waals surface area contributed by atoms with Gasteiger partial charge in [-0.25, -0.2) is 13.1 Å². The highest BCUT2D eigenvalue weighted by atomic mass is 32.2. The number of carbonyl (C=O) groups excluding carboxylic acids is 1. The number of amides is 1. The topological polar surface area (TPSA) is 87.7 Å². The van der Waals surface area contributed by atoms with Crippen LogP contribution < -0.4 is 10.0 Å². The van der Waals surface area contributed by atoms with Crippen LogP contribution in [0.25, 0.3) is 0 Å². The van der Waals surface area contributed by atoms with E-state index in [9.17, 15) is 13.2 Å². The van der Waals surface area contributed by atoms with Gasteiger partial charge in [0.15, 0.2) is 0 Å². The van der Waals surface area contributed by atoms with Crippen LogP contribution in [0.3, 0.4) is 0 Å². The van der Waals surface area contributed by atoms with Crippen LogP contribution in [0.4, 0.5) is 5.69 Å². The number of anilines is 1. The lowest BCUT2D eigenvalue weighted by Crippen LogP contribution is -2.38. The quantitative estimate of drug-likeness (QED) is 0.474. The average Bonchev–Trinajstić information content (AvgIpc) is 2.66. The maximum Gasteiger partial charge on any atom is 0.240 e.